The lowest BCUT2D eigenvalue weighted by atomic mass is 9.87. The molecule has 22 heavy (non-hydrogen) atoms. The highest BCUT2D eigenvalue weighted by Gasteiger charge is 2.21. The van der Waals surface area contributed by atoms with Crippen LogP contribution >= 0.6 is 15.9 Å². The molecule has 0 amide bonds. The number of esters is 1. The molecule has 1 aliphatic carbocycles. The molecular weight excluding hydrogens is 344 g/mol. The summed E-state index contributed by atoms with van der Waals surface area (Å²) in [5.41, 5.74) is 1.18. The van der Waals surface area contributed by atoms with Crippen LogP contribution in [-0.4, -0.2) is 18.7 Å². The van der Waals surface area contributed by atoms with Crippen molar-refractivity contribution < 1.29 is 14.3 Å². The molecule has 1 aromatic rings. The van der Waals surface area contributed by atoms with Crippen LogP contribution in [0, 0.1) is 12.8 Å². The Morgan fingerprint density at radius 3 is 2.68 bits per heavy atom. The molecule has 1 aromatic carbocycles. The van der Waals surface area contributed by atoms with Gasteiger partial charge >= 0.3 is 5.97 Å². The molecule has 0 heterocycles. The first-order valence-electron chi connectivity index (χ1n) is 7.86. The van der Waals surface area contributed by atoms with Gasteiger partial charge in [-0.2, -0.15) is 0 Å². The van der Waals surface area contributed by atoms with Gasteiger partial charge in [0.25, 0.3) is 0 Å². The Morgan fingerprint density at radius 2 is 2.05 bits per heavy atom. The fourth-order valence-corrected chi connectivity index (χ4v) is 2.93. The van der Waals surface area contributed by atoms with Crippen LogP contribution < -0.4 is 4.74 Å². The maximum atomic E-state index is 11.3. The van der Waals surface area contributed by atoms with E-state index < -0.39 is 0 Å². The minimum Gasteiger partial charge on any atom is -0.490 e. The van der Waals surface area contributed by atoms with E-state index in [0.717, 1.165) is 35.9 Å². The maximum Gasteiger partial charge on any atom is 0.330 e. The van der Waals surface area contributed by atoms with E-state index in [1.807, 2.05) is 25.1 Å². The maximum absolute atomic E-state index is 11.3. The fraction of sp³-hybridized carbons (Fsp3) is 0.500. The number of halogens is 1. The Hall–Kier alpha value is -1.29. The van der Waals surface area contributed by atoms with Crippen molar-refractivity contribution in [3.63, 3.8) is 0 Å². The van der Waals surface area contributed by atoms with E-state index in [-0.39, 0.29) is 12.1 Å². The van der Waals surface area contributed by atoms with Gasteiger partial charge in [0.05, 0.1) is 12.7 Å². The molecule has 0 N–H and O–H groups in total. The summed E-state index contributed by atoms with van der Waals surface area (Å²) in [4.78, 5) is 11.3. The van der Waals surface area contributed by atoms with Crippen LogP contribution in [0.25, 0.3) is 0 Å². The molecule has 0 aromatic heterocycles. The van der Waals surface area contributed by atoms with Crippen molar-refractivity contribution in [2.24, 2.45) is 5.92 Å². The van der Waals surface area contributed by atoms with Crippen molar-refractivity contribution in [3.8, 4) is 5.75 Å². The van der Waals surface area contributed by atoms with Crippen LogP contribution in [0.2, 0.25) is 0 Å². The zero-order valence-corrected chi connectivity index (χ0v) is 14.8. The van der Waals surface area contributed by atoms with Crippen LogP contribution in [0.4, 0.5) is 0 Å². The average Bonchev–Trinajstić information content (AvgIpc) is 2.51. The standard InChI is InChI=1S/C18H23BrO3/c1-3-21-18(20)11-6-14-4-7-15(8-5-14)22-16-9-10-17(19)13(2)12-16/h6,9-12,14-15H,3-5,7-8H2,1-2H3/b11-6+. The van der Waals surface area contributed by atoms with Gasteiger partial charge < -0.3 is 9.47 Å². The molecule has 120 valence electrons. The van der Waals surface area contributed by atoms with E-state index in [1.165, 1.54) is 5.56 Å². The minimum absolute atomic E-state index is 0.244. The lowest BCUT2D eigenvalue weighted by molar-refractivity contribution is -0.137. The molecule has 0 saturated heterocycles. The van der Waals surface area contributed by atoms with Gasteiger partial charge in [0.2, 0.25) is 0 Å². The van der Waals surface area contributed by atoms with Crippen LogP contribution in [0.3, 0.4) is 0 Å². The second-order valence-corrected chi connectivity index (χ2v) is 6.53. The summed E-state index contributed by atoms with van der Waals surface area (Å²) in [5.74, 6) is 1.15. The molecule has 0 atom stereocenters. The first-order chi connectivity index (χ1) is 10.6. The summed E-state index contributed by atoms with van der Waals surface area (Å²) in [6, 6.07) is 6.10. The van der Waals surface area contributed by atoms with E-state index in [4.69, 9.17) is 9.47 Å². The number of hydrogen-bond acceptors (Lipinski definition) is 3. The number of hydrogen-bond donors (Lipinski definition) is 0. The predicted molar refractivity (Wildman–Crippen MR) is 91.0 cm³/mol. The Bertz CT molecular complexity index is 531. The van der Waals surface area contributed by atoms with Crippen molar-refractivity contribution in [3.05, 3.63) is 40.4 Å². The van der Waals surface area contributed by atoms with E-state index >= 15 is 0 Å². The number of carbonyl (C=O) groups is 1. The normalized spacial score (nSPS) is 21.8. The van der Waals surface area contributed by atoms with Crippen molar-refractivity contribution in [1.29, 1.82) is 0 Å². The first kappa shape index (κ1) is 17.1. The van der Waals surface area contributed by atoms with Crippen LogP contribution in [0.15, 0.2) is 34.8 Å². The highest BCUT2D eigenvalue weighted by Crippen LogP contribution is 2.29. The lowest BCUT2D eigenvalue weighted by Gasteiger charge is -2.27. The molecule has 1 saturated carbocycles. The van der Waals surface area contributed by atoms with Crippen LogP contribution in [0.5, 0.6) is 5.75 Å². The third kappa shape index (κ3) is 5.16. The van der Waals surface area contributed by atoms with Crippen molar-refractivity contribution >= 4 is 21.9 Å². The molecule has 0 unspecified atom stereocenters. The molecule has 1 fully saturated rings. The Labute approximate surface area is 140 Å². The van der Waals surface area contributed by atoms with Crippen LogP contribution in [0.1, 0.15) is 38.2 Å². The summed E-state index contributed by atoms with van der Waals surface area (Å²) in [6.07, 6.45) is 7.96. The second-order valence-electron chi connectivity index (χ2n) is 5.68. The molecule has 1 aliphatic rings. The molecule has 0 aliphatic heterocycles. The molecule has 0 bridgehead atoms. The summed E-state index contributed by atoms with van der Waals surface area (Å²) in [5, 5.41) is 0. The zero-order chi connectivity index (χ0) is 15.9. The third-order valence-corrected chi connectivity index (χ3v) is 4.83. The Balaban J connectivity index is 1.79. The first-order valence-corrected chi connectivity index (χ1v) is 8.65. The van der Waals surface area contributed by atoms with Crippen LogP contribution in [-0.2, 0) is 9.53 Å². The van der Waals surface area contributed by atoms with Gasteiger partial charge in [0.1, 0.15) is 5.75 Å². The predicted octanol–water partition coefficient (Wildman–Crippen LogP) is 4.81. The fourth-order valence-electron chi connectivity index (χ4n) is 2.69. The van der Waals surface area contributed by atoms with E-state index in [0.29, 0.717) is 12.5 Å². The largest absolute Gasteiger partial charge is 0.490 e. The number of rotatable bonds is 5. The zero-order valence-electron chi connectivity index (χ0n) is 13.2. The molecular formula is C18H23BrO3. The average molecular weight is 367 g/mol. The molecule has 2 rings (SSSR count). The smallest absolute Gasteiger partial charge is 0.330 e. The van der Waals surface area contributed by atoms with Gasteiger partial charge in [0, 0.05) is 10.5 Å². The minimum atomic E-state index is -0.244. The van der Waals surface area contributed by atoms with Gasteiger partial charge in [0.15, 0.2) is 0 Å². The quantitative estimate of drug-likeness (QED) is 0.553. The number of carbonyl (C=O) groups excluding carboxylic acids is 1. The summed E-state index contributed by atoms with van der Waals surface area (Å²) in [7, 11) is 0. The van der Waals surface area contributed by atoms with Gasteiger partial charge in [-0.25, -0.2) is 4.79 Å². The van der Waals surface area contributed by atoms with Crippen molar-refractivity contribution in [2.75, 3.05) is 6.61 Å². The van der Waals surface area contributed by atoms with E-state index in [1.54, 1.807) is 6.08 Å². The Morgan fingerprint density at radius 1 is 1.32 bits per heavy atom. The number of ether oxygens (including phenoxy) is 2. The third-order valence-electron chi connectivity index (χ3n) is 3.94. The Kier molecular flexibility index (Phi) is 6.49. The molecule has 0 spiro atoms. The SMILES string of the molecule is CCOC(=O)/C=C/C1CCC(Oc2ccc(Br)c(C)c2)CC1. The highest BCUT2D eigenvalue weighted by atomic mass is 79.9. The number of benzene rings is 1. The number of allylic oxidation sites excluding steroid dienone is 1. The lowest BCUT2D eigenvalue weighted by Crippen LogP contribution is -2.23. The van der Waals surface area contributed by atoms with Gasteiger partial charge in [-0.1, -0.05) is 22.0 Å². The monoisotopic (exact) mass is 366 g/mol. The summed E-state index contributed by atoms with van der Waals surface area (Å²) in [6.45, 7) is 4.31. The van der Waals surface area contributed by atoms with Gasteiger partial charge in [-0.15, -0.1) is 0 Å². The molecule has 0 radical (unpaired) electrons. The highest BCUT2D eigenvalue weighted by molar-refractivity contribution is 9.10. The topological polar surface area (TPSA) is 35.5 Å². The second kappa shape index (κ2) is 8.37. The van der Waals surface area contributed by atoms with Crippen molar-refractivity contribution in [2.45, 2.75) is 45.6 Å². The number of aryl methyl sites for hydroxylation is 1. The summed E-state index contributed by atoms with van der Waals surface area (Å²) < 4.78 is 12.1. The van der Waals surface area contributed by atoms with Crippen molar-refractivity contribution in [1.82, 2.24) is 0 Å². The van der Waals surface area contributed by atoms with Gasteiger partial charge in [-0.05, 0) is 69.2 Å². The molecule has 3 nitrogen and oxygen atoms in total. The molecule has 4 heteroatoms. The van der Waals surface area contributed by atoms with Gasteiger partial charge in [-0.3, -0.25) is 0 Å². The summed E-state index contributed by atoms with van der Waals surface area (Å²) >= 11 is 3.50. The van der Waals surface area contributed by atoms with E-state index in [9.17, 15) is 4.79 Å². The van der Waals surface area contributed by atoms with E-state index in [2.05, 4.69) is 28.9 Å².